The SMILES string of the molecule is Cc1ccccc1-c1c(C)ccc2cc3c(cc12)[nH]c1ccc(-c2ccc4c(c2)c2ccccc2n4-c2ccccc2)cc13. The van der Waals surface area contributed by atoms with Gasteiger partial charge in [-0.05, 0) is 113 Å². The highest BCUT2D eigenvalue weighted by Crippen LogP contribution is 2.39. The van der Waals surface area contributed by atoms with Crippen molar-refractivity contribution in [3.05, 3.63) is 151 Å². The Kier molecular flexibility index (Phi) is 5.36. The Hall–Kier alpha value is -5.60. The van der Waals surface area contributed by atoms with Gasteiger partial charge in [-0.15, -0.1) is 0 Å². The van der Waals surface area contributed by atoms with Crippen molar-refractivity contribution >= 4 is 54.4 Å². The van der Waals surface area contributed by atoms with Gasteiger partial charge in [0.25, 0.3) is 0 Å². The van der Waals surface area contributed by atoms with Crippen molar-refractivity contribution in [2.75, 3.05) is 0 Å². The van der Waals surface area contributed by atoms with Crippen LogP contribution in [0.15, 0.2) is 140 Å². The molecule has 0 bridgehead atoms. The lowest BCUT2D eigenvalue weighted by atomic mass is 9.90. The highest BCUT2D eigenvalue weighted by Gasteiger charge is 2.15. The summed E-state index contributed by atoms with van der Waals surface area (Å²) in [7, 11) is 0. The molecule has 0 spiro atoms. The van der Waals surface area contributed by atoms with Crippen LogP contribution in [-0.2, 0) is 0 Å². The molecule has 2 nitrogen and oxygen atoms in total. The molecule has 0 radical (unpaired) electrons. The van der Waals surface area contributed by atoms with E-state index in [0.717, 1.165) is 5.52 Å². The fourth-order valence-corrected chi connectivity index (χ4v) is 7.23. The van der Waals surface area contributed by atoms with Gasteiger partial charge in [0, 0.05) is 38.3 Å². The van der Waals surface area contributed by atoms with E-state index in [1.165, 1.54) is 87.9 Å². The van der Waals surface area contributed by atoms with Gasteiger partial charge in [-0.3, -0.25) is 0 Å². The average molecular weight is 563 g/mol. The first-order valence-electron chi connectivity index (χ1n) is 15.3. The van der Waals surface area contributed by atoms with Crippen LogP contribution in [-0.4, -0.2) is 9.55 Å². The quantitative estimate of drug-likeness (QED) is 0.221. The van der Waals surface area contributed by atoms with E-state index in [2.05, 4.69) is 163 Å². The molecule has 0 aliphatic rings. The maximum Gasteiger partial charge on any atom is 0.0541 e. The van der Waals surface area contributed by atoms with Gasteiger partial charge in [0.15, 0.2) is 0 Å². The summed E-state index contributed by atoms with van der Waals surface area (Å²) in [6.07, 6.45) is 0. The monoisotopic (exact) mass is 562 g/mol. The van der Waals surface area contributed by atoms with Crippen LogP contribution >= 0.6 is 0 Å². The average Bonchev–Trinajstić information content (AvgIpc) is 3.59. The number of hydrogen-bond donors (Lipinski definition) is 1. The zero-order chi connectivity index (χ0) is 29.4. The van der Waals surface area contributed by atoms with E-state index in [-0.39, 0.29) is 0 Å². The second-order valence-corrected chi connectivity index (χ2v) is 12.0. The third kappa shape index (κ3) is 3.68. The Morgan fingerprint density at radius 2 is 1.16 bits per heavy atom. The van der Waals surface area contributed by atoms with E-state index in [0.29, 0.717) is 0 Å². The molecule has 0 aliphatic carbocycles. The topological polar surface area (TPSA) is 20.7 Å². The number of para-hydroxylation sites is 2. The van der Waals surface area contributed by atoms with E-state index in [1.54, 1.807) is 0 Å². The van der Waals surface area contributed by atoms with E-state index >= 15 is 0 Å². The van der Waals surface area contributed by atoms with Crippen LogP contribution in [0.1, 0.15) is 11.1 Å². The van der Waals surface area contributed by atoms with E-state index in [9.17, 15) is 0 Å². The van der Waals surface area contributed by atoms with Crippen molar-refractivity contribution in [2.24, 2.45) is 0 Å². The molecule has 9 rings (SSSR count). The lowest BCUT2D eigenvalue weighted by Gasteiger charge is -2.13. The normalized spacial score (nSPS) is 11.9. The van der Waals surface area contributed by atoms with Crippen molar-refractivity contribution in [3.63, 3.8) is 0 Å². The molecule has 7 aromatic carbocycles. The largest absolute Gasteiger partial charge is 0.354 e. The van der Waals surface area contributed by atoms with Crippen LogP contribution in [0.3, 0.4) is 0 Å². The lowest BCUT2D eigenvalue weighted by Crippen LogP contribution is -1.92. The summed E-state index contributed by atoms with van der Waals surface area (Å²) in [6, 6.07) is 51.1. The molecule has 2 aromatic heterocycles. The smallest absolute Gasteiger partial charge is 0.0541 e. The Labute approximate surface area is 255 Å². The third-order valence-corrected chi connectivity index (χ3v) is 9.38. The second-order valence-electron chi connectivity index (χ2n) is 12.0. The first-order valence-corrected chi connectivity index (χ1v) is 15.3. The van der Waals surface area contributed by atoms with E-state index < -0.39 is 0 Å². The molecule has 9 aromatic rings. The summed E-state index contributed by atoms with van der Waals surface area (Å²) in [5.41, 5.74) is 13.6. The molecule has 0 saturated carbocycles. The Morgan fingerprint density at radius 3 is 2.02 bits per heavy atom. The van der Waals surface area contributed by atoms with Crippen molar-refractivity contribution in [3.8, 4) is 27.9 Å². The van der Waals surface area contributed by atoms with Gasteiger partial charge >= 0.3 is 0 Å². The summed E-state index contributed by atoms with van der Waals surface area (Å²) in [6.45, 7) is 4.42. The maximum atomic E-state index is 3.73. The molecular weight excluding hydrogens is 532 g/mol. The number of nitrogens with zero attached hydrogens (tertiary/aromatic N) is 1. The Balaban J connectivity index is 1.23. The summed E-state index contributed by atoms with van der Waals surface area (Å²) in [5, 5.41) is 7.61. The molecule has 1 N–H and O–H groups in total. The molecule has 0 fully saturated rings. The zero-order valence-electron chi connectivity index (χ0n) is 24.7. The van der Waals surface area contributed by atoms with Crippen LogP contribution in [0.2, 0.25) is 0 Å². The van der Waals surface area contributed by atoms with Crippen LogP contribution in [0, 0.1) is 13.8 Å². The Bertz CT molecular complexity index is 2560. The zero-order valence-corrected chi connectivity index (χ0v) is 24.7. The van der Waals surface area contributed by atoms with Crippen LogP contribution in [0.5, 0.6) is 0 Å². The van der Waals surface area contributed by atoms with Crippen molar-refractivity contribution in [2.45, 2.75) is 13.8 Å². The second kappa shape index (κ2) is 9.45. The summed E-state index contributed by atoms with van der Waals surface area (Å²) < 4.78 is 2.37. The van der Waals surface area contributed by atoms with Gasteiger partial charge in [0.1, 0.15) is 0 Å². The molecule has 2 heteroatoms. The molecule has 208 valence electrons. The van der Waals surface area contributed by atoms with Crippen molar-refractivity contribution < 1.29 is 0 Å². The number of nitrogens with one attached hydrogen (secondary N) is 1. The summed E-state index contributed by atoms with van der Waals surface area (Å²) >= 11 is 0. The van der Waals surface area contributed by atoms with Crippen molar-refractivity contribution in [1.29, 1.82) is 0 Å². The van der Waals surface area contributed by atoms with Gasteiger partial charge in [-0.25, -0.2) is 0 Å². The third-order valence-electron chi connectivity index (χ3n) is 9.38. The first-order chi connectivity index (χ1) is 21.6. The number of benzene rings is 7. The first kappa shape index (κ1) is 24.9. The van der Waals surface area contributed by atoms with Gasteiger partial charge in [-0.1, -0.05) is 84.9 Å². The van der Waals surface area contributed by atoms with E-state index in [4.69, 9.17) is 0 Å². The molecule has 0 amide bonds. The minimum atomic E-state index is 1.16. The number of H-pyrrole nitrogens is 1. The van der Waals surface area contributed by atoms with Crippen LogP contribution < -0.4 is 0 Å². The Morgan fingerprint density at radius 1 is 0.455 bits per heavy atom. The van der Waals surface area contributed by atoms with Crippen molar-refractivity contribution in [1.82, 2.24) is 9.55 Å². The molecule has 0 aliphatic heterocycles. The lowest BCUT2D eigenvalue weighted by molar-refractivity contribution is 1.18. The fourth-order valence-electron chi connectivity index (χ4n) is 7.23. The number of aromatic amines is 1. The molecule has 2 heterocycles. The van der Waals surface area contributed by atoms with Gasteiger partial charge in [0.05, 0.1) is 11.0 Å². The van der Waals surface area contributed by atoms with E-state index in [1.807, 2.05) is 0 Å². The molecular formula is C42H30N2. The molecule has 44 heavy (non-hydrogen) atoms. The van der Waals surface area contributed by atoms with Crippen LogP contribution in [0.25, 0.3) is 82.3 Å². The number of fused-ring (bicyclic) bond motifs is 7. The standard InChI is InChI=1S/C42H30N2/c1-26-10-6-7-13-32(26)42-27(2)16-17-30-24-36-35-22-28(18-20-38(35)43-39(36)25-34(30)42)29-19-21-41-37(23-29)33-14-8-9-15-40(33)44(41)31-11-4-3-5-12-31/h3-25,43H,1-2H3. The fraction of sp³-hybridized carbons (Fsp3) is 0.0476. The molecule has 0 saturated heterocycles. The number of aryl methyl sites for hydroxylation is 2. The van der Waals surface area contributed by atoms with Gasteiger partial charge in [-0.2, -0.15) is 0 Å². The minimum Gasteiger partial charge on any atom is -0.354 e. The van der Waals surface area contributed by atoms with Gasteiger partial charge < -0.3 is 9.55 Å². The maximum absolute atomic E-state index is 3.73. The van der Waals surface area contributed by atoms with Crippen LogP contribution in [0.4, 0.5) is 0 Å². The molecule has 0 atom stereocenters. The molecule has 0 unspecified atom stereocenters. The highest BCUT2D eigenvalue weighted by molar-refractivity contribution is 6.15. The number of rotatable bonds is 3. The number of aromatic nitrogens is 2. The summed E-state index contributed by atoms with van der Waals surface area (Å²) in [4.78, 5) is 3.73. The predicted octanol–water partition coefficient (Wildman–Crippen LogP) is 11.5. The predicted molar refractivity (Wildman–Crippen MR) is 188 cm³/mol. The number of hydrogen-bond acceptors (Lipinski definition) is 0. The summed E-state index contributed by atoms with van der Waals surface area (Å²) in [5.74, 6) is 0. The highest BCUT2D eigenvalue weighted by atomic mass is 15.0. The minimum absolute atomic E-state index is 1.16. The van der Waals surface area contributed by atoms with Gasteiger partial charge in [0.2, 0.25) is 0 Å².